The minimum atomic E-state index is -0.0866. The van der Waals surface area contributed by atoms with Gasteiger partial charge in [-0.3, -0.25) is 9.69 Å². The van der Waals surface area contributed by atoms with E-state index in [1.54, 1.807) is 0 Å². The molecule has 1 saturated heterocycles. The third-order valence-electron chi connectivity index (χ3n) is 6.26. The van der Waals surface area contributed by atoms with Crippen LogP contribution in [0.1, 0.15) is 30.0 Å². The first kappa shape index (κ1) is 15.2. The Morgan fingerprint density at radius 2 is 1.89 bits per heavy atom. The number of rotatable bonds is 1. The molecule has 4 aromatic rings. The van der Waals surface area contributed by atoms with Crippen molar-refractivity contribution >= 4 is 21.8 Å². The van der Waals surface area contributed by atoms with Crippen LogP contribution >= 0.6 is 0 Å². The molecule has 0 atom stereocenters. The second-order valence-electron chi connectivity index (χ2n) is 7.70. The van der Waals surface area contributed by atoms with Gasteiger partial charge < -0.3 is 9.55 Å². The maximum Gasteiger partial charge on any atom is 0.258 e. The lowest BCUT2D eigenvalue weighted by atomic mass is 9.94. The predicted octanol–water partition coefficient (Wildman–Crippen LogP) is 3.56. The molecule has 0 aliphatic carbocycles. The Balaban J connectivity index is 1.70. The van der Waals surface area contributed by atoms with E-state index < -0.39 is 0 Å². The molecule has 134 valence electrons. The highest BCUT2D eigenvalue weighted by Crippen LogP contribution is 2.42. The second-order valence-corrected chi connectivity index (χ2v) is 7.70. The molecule has 5 heteroatoms. The van der Waals surface area contributed by atoms with E-state index in [4.69, 9.17) is 0 Å². The number of aromatic amines is 1. The Kier molecular flexibility index (Phi) is 3.11. The first-order chi connectivity index (χ1) is 13.3. The van der Waals surface area contributed by atoms with Gasteiger partial charge in [-0.05, 0) is 55.8 Å². The Morgan fingerprint density at radius 1 is 1.04 bits per heavy atom. The molecule has 5 nitrogen and oxygen atoms in total. The van der Waals surface area contributed by atoms with Gasteiger partial charge in [0.1, 0.15) is 0 Å². The van der Waals surface area contributed by atoms with Crippen molar-refractivity contribution in [3.05, 3.63) is 70.4 Å². The molecule has 3 aliphatic heterocycles. The van der Waals surface area contributed by atoms with E-state index in [1.807, 2.05) is 12.1 Å². The summed E-state index contributed by atoms with van der Waals surface area (Å²) in [6, 6.07) is 14.7. The molecule has 3 aliphatic rings. The summed E-state index contributed by atoms with van der Waals surface area (Å²) in [6.07, 6.45) is 3.88. The first-order valence-electron chi connectivity index (χ1n) is 9.62. The van der Waals surface area contributed by atoms with Gasteiger partial charge in [0.15, 0.2) is 0 Å². The van der Waals surface area contributed by atoms with Crippen LogP contribution in [-0.2, 0) is 6.54 Å². The summed E-state index contributed by atoms with van der Waals surface area (Å²) in [6.45, 7) is 3.37. The van der Waals surface area contributed by atoms with Crippen LogP contribution in [0.15, 0.2) is 53.6 Å². The van der Waals surface area contributed by atoms with Crippen molar-refractivity contribution in [1.82, 2.24) is 19.4 Å². The van der Waals surface area contributed by atoms with Gasteiger partial charge in [-0.15, -0.1) is 0 Å². The monoisotopic (exact) mass is 356 g/mol. The molecule has 0 amide bonds. The number of benzene rings is 2. The van der Waals surface area contributed by atoms with E-state index in [0.717, 1.165) is 17.7 Å². The van der Waals surface area contributed by atoms with Crippen LogP contribution in [0.3, 0.4) is 0 Å². The minimum absolute atomic E-state index is 0.0866. The molecule has 7 rings (SSSR count). The standard InChI is InChI=1S/C22H20N4O/c27-22-17-11-15(5-6-19(17)23-13-24-22)26-20-4-2-1-3-16(20)18-12-25-9-7-14(8-10-25)21(18)26/h1-6,11,13-14H,7-10,12H2,(H,23,24,27). The van der Waals surface area contributed by atoms with Crippen molar-refractivity contribution in [2.45, 2.75) is 25.3 Å². The molecule has 2 aromatic carbocycles. The Morgan fingerprint density at radius 3 is 2.78 bits per heavy atom. The maximum atomic E-state index is 12.3. The summed E-state index contributed by atoms with van der Waals surface area (Å²) in [5.41, 5.74) is 5.84. The molecule has 0 radical (unpaired) electrons. The lowest BCUT2D eigenvalue weighted by Crippen LogP contribution is -2.29. The smallest absolute Gasteiger partial charge is 0.258 e. The number of nitrogens with zero attached hydrogens (tertiary/aromatic N) is 3. The van der Waals surface area contributed by atoms with Crippen LogP contribution < -0.4 is 5.56 Å². The zero-order valence-corrected chi connectivity index (χ0v) is 15.0. The van der Waals surface area contributed by atoms with Crippen molar-refractivity contribution in [3.63, 3.8) is 0 Å². The number of hydrogen-bond donors (Lipinski definition) is 1. The van der Waals surface area contributed by atoms with Crippen molar-refractivity contribution in [1.29, 1.82) is 0 Å². The molecule has 2 aromatic heterocycles. The highest BCUT2D eigenvalue weighted by atomic mass is 16.1. The second kappa shape index (κ2) is 5.54. The summed E-state index contributed by atoms with van der Waals surface area (Å²) < 4.78 is 2.40. The number of H-pyrrole nitrogens is 1. The molecule has 27 heavy (non-hydrogen) atoms. The first-order valence-corrected chi connectivity index (χ1v) is 9.62. The number of para-hydroxylation sites is 1. The molecule has 0 saturated carbocycles. The lowest BCUT2D eigenvalue weighted by Gasteiger charge is -2.27. The van der Waals surface area contributed by atoms with Crippen LogP contribution in [0, 0.1) is 0 Å². The average Bonchev–Trinajstić information content (AvgIpc) is 2.82. The predicted molar refractivity (Wildman–Crippen MR) is 106 cm³/mol. The van der Waals surface area contributed by atoms with Crippen molar-refractivity contribution < 1.29 is 0 Å². The number of piperidine rings is 1. The van der Waals surface area contributed by atoms with Crippen LogP contribution in [0.5, 0.6) is 0 Å². The van der Waals surface area contributed by atoms with Crippen molar-refractivity contribution in [3.8, 4) is 5.69 Å². The molecule has 1 N–H and O–H groups in total. The summed E-state index contributed by atoms with van der Waals surface area (Å²) in [5, 5.41) is 1.98. The highest BCUT2D eigenvalue weighted by Gasteiger charge is 2.33. The minimum Gasteiger partial charge on any atom is -0.313 e. The summed E-state index contributed by atoms with van der Waals surface area (Å²) in [5.74, 6) is 0.578. The van der Waals surface area contributed by atoms with Gasteiger partial charge in [0.05, 0.1) is 22.7 Å². The summed E-state index contributed by atoms with van der Waals surface area (Å²) >= 11 is 0. The normalized spacial score (nSPS) is 21.5. The van der Waals surface area contributed by atoms with Gasteiger partial charge in [0, 0.05) is 29.2 Å². The SMILES string of the molecule is O=c1[nH]cnc2ccc(-n3c4c(c5ccccc53)CN3CCC4CC3)cc12. The number of hydrogen-bond acceptors (Lipinski definition) is 3. The van der Waals surface area contributed by atoms with Crippen LogP contribution in [0.2, 0.25) is 0 Å². The largest absolute Gasteiger partial charge is 0.313 e. The Bertz CT molecular complexity index is 1240. The van der Waals surface area contributed by atoms with Gasteiger partial charge in [-0.25, -0.2) is 4.98 Å². The zero-order valence-electron chi connectivity index (χ0n) is 15.0. The fourth-order valence-electron chi connectivity index (χ4n) is 4.98. The molecule has 0 spiro atoms. The summed E-state index contributed by atoms with van der Waals surface area (Å²) in [4.78, 5) is 21.9. The van der Waals surface area contributed by atoms with Gasteiger partial charge >= 0.3 is 0 Å². The summed E-state index contributed by atoms with van der Waals surface area (Å²) in [7, 11) is 0. The zero-order chi connectivity index (χ0) is 18.0. The quantitative estimate of drug-likeness (QED) is 0.567. The molecule has 5 heterocycles. The van der Waals surface area contributed by atoms with Gasteiger partial charge in [0.2, 0.25) is 0 Å². The molecule has 0 unspecified atom stereocenters. The van der Waals surface area contributed by atoms with E-state index in [9.17, 15) is 4.79 Å². The molecular formula is C22H20N4O. The van der Waals surface area contributed by atoms with Gasteiger partial charge in [-0.2, -0.15) is 0 Å². The fourth-order valence-corrected chi connectivity index (χ4v) is 4.98. The lowest BCUT2D eigenvalue weighted by molar-refractivity contribution is 0.220. The van der Waals surface area contributed by atoms with Gasteiger partial charge in [0.25, 0.3) is 5.56 Å². The number of nitrogens with one attached hydrogen (secondary N) is 1. The van der Waals surface area contributed by atoms with Crippen LogP contribution in [-0.4, -0.2) is 32.5 Å². The maximum absolute atomic E-state index is 12.3. The van der Waals surface area contributed by atoms with E-state index >= 15 is 0 Å². The number of aromatic nitrogens is 3. The third kappa shape index (κ3) is 2.15. The topological polar surface area (TPSA) is 53.9 Å². The molecule has 2 bridgehead atoms. The van der Waals surface area contributed by atoms with Crippen molar-refractivity contribution in [2.75, 3.05) is 13.1 Å². The fraction of sp³-hybridized carbons (Fsp3) is 0.273. The van der Waals surface area contributed by atoms with Crippen LogP contribution in [0.25, 0.3) is 27.5 Å². The molecular weight excluding hydrogens is 336 g/mol. The highest BCUT2D eigenvalue weighted by molar-refractivity contribution is 5.89. The van der Waals surface area contributed by atoms with Crippen molar-refractivity contribution in [2.24, 2.45) is 0 Å². The Labute approximate surface area is 156 Å². The number of fused-ring (bicyclic) bond motifs is 4. The van der Waals surface area contributed by atoms with Gasteiger partial charge in [-0.1, -0.05) is 18.2 Å². The van der Waals surface area contributed by atoms with E-state index in [2.05, 4.69) is 49.8 Å². The van der Waals surface area contributed by atoms with E-state index in [0.29, 0.717) is 11.3 Å². The molecule has 1 fully saturated rings. The average molecular weight is 356 g/mol. The third-order valence-corrected chi connectivity index (χ3v) is 6.26. The van der Waals surface area contributed by atoms with Crippen LogP contribution in [0.4, 0.5) is 0 Å². The van der Waals surface area contributed by atoms with E-state index in [1.165, 1.54) is 54.4 Å². The Hall–Kier alpha value is -2.92. The van der Waals surface area contributed by atoms with E-state index in [-0.39, 0.29) is 5.56 Å².